The van der Waals surface area contributed by atoms with Crippen molar-refractivity contribution in [3.8, 4) is 17.2 Å². The van der Waals surface area contributed by atoms with Crippen LogP contribution in [0.4, 0.5) is 13.2 Å². The maximum Gasteiger partial charge on any atom is 0.573 e. The Morgan fingerprint density at radius 1 is 0.925 bits per heavy atom. The molecule has 0 aliphatic carbocycles. The molecule has 7 nitrogen and oxygen atoms in total. The number of carboxylic acids is 1. The van der Waals surface area contributed by atoms with Crippen molar-refractivity contribution in [3.05, 3.63) is 89.1 Å². The van der Waals surface area contributed by atoms with Gasteiger partial charge in [0, 0.05) is 29.3 Å². The second kappa shape index (κ2) is 11.0. The number of nitrogens with zero attached hydrogens (tertiary/aromatic N) is 1. The SMILES string of the molecule is CCC(C)(Oc1cccc(Cn2c(C)c(C(=O)c3ccc(OC)cc3)c3ccc(OC(F)(F)F)cc32)c1)C(=O)O. The van der Waals surface area contributed by atoms with Crippen molar-refractivity contribution in [2.24, 2.45) is 0 Å². The van der Waals surface area contributed by atoms with Gasteiger partial charge in [-0.05, 0) is 74.4 Å². The van der Waals surface area contributed by atoms with E-state index in [4.69, 9.17) is 9.47 Å². The van der Waals surface area contributed by atoms with Crippen molar-refractivity contribution in [1.82, 2.24) is 4.57 Å². The third-order valence-electron chi connectivity index (χ3n) is 6.82. The Bertz CT molecular complexity index is 1560. The van der Waals surface area contributed by atoms with Gasteiger partial charge in [-0.25, -0.2) is 4.79 Å². The molecule has 210 valence electrons. The van der Waals surface area contributed by atoms with Gasteiger partial charge in [0.25, 0.3) is 0 Å². The van der Waals surface area contributed by atoms with Crippen molar-refractivity contribution in [2.75, 3.05) is 7.11 Å². The van der Waals surface area contributed by atoms with Gasteiger partial charge in [-0.1, -0.05) is 19.1 Å². The van der Waals surface area contributed by atoms with Crippen LogP contribution >= 0.6 is 0 Å². The van der Waals surface area contributed by atoms with Gasteiger partial charge in [0.1, 0.15) is 17.2 Å². The summed E-state index contributed by atoms with van der Waals surface area (Å²) in [6.45, 7) is 5.07. The van der Waals surface area contributed by atoms with Crippen LogP contribution in [0.2, 0.25) is 0 Å². The lowest BCUT2D eigenvalue weighted by Crippen LogP contribution is -2.40. The quantitative estimate of drug-likeness (QED) is 0.217. The molecule has 1 unspecified atom stereocenters. The number of carboxylic acid groups (broad SMARTS) is 1. The summed E-state index contributed by atoms with van der Waals surface area (Å²) in [5, 5.41) is 10.0. The van der Waals surface area contributed by atoms with E-state index < -0.39 is 23.7 Å². The lowest BCUT2D eigenvalue weighted by atomic mass is 10.0. The number of hydrogen-bond acceptors (Lipinski definition) is 5. The molecule has 10 heteroatoms. The van der Waals surface area contributed by atoms with Crippen LogP contribution in [-0.4, -0.2) is 40.5 Å². The van der Waals surface area contributed by atoms with Gasteiger partial charge >= 0.3 is 12.3 Å². The smallest absolute Gasteiger partial charge is 0.497 e. The summed E-state index contributed by atoms with van der Waals surface area (Å²) in [5.74, 6) is -0.917. The lowest BCUT2D eigenvalue weighted by Gasteiger charge is -2.25. The van der Waals surface area contributed by atoms with E-state index in [0.717, 1.165) is 0 Å². The first-order valence-corrected chi connectivity index (χ1v) is 12.4. The first-order chi connectivity index (χ1) is 18.8. The first-order valence-electron chi connectivity index (χ1n) is 12.4. The van der Waals surface area contributed by atoms with Gasteiger partial charge in [-0.2, -0.15) is 0 Å². The van der Waals surface area contributed by atoms with Gasteiger partial charge < -0.3 is 23.9 Å². The molecule has 0 saturated heterocycles. The number of ketones is 1. The standard InChI is InChI=1S/C30H28F3NO6/c1-5-29(3,28(36)37)39-22-8-6-7-19(15-22)17-34-18(2)26(27(35)20-9-11-21(38-4)12-10-20)24-14-13-23(16-25(24)34)40-30(31,32)33/h6-16H,5,17H2,1-4H3,(H,36,37). The van der Waals surface area contributed by atoms with Crippen LogP contribution in [0.25, 0.3) is 10.9 Å². The lowest BCUT2D eigenvalue weighted by molar-refractivity contribution is -0.274. The molecule has 0 radical (unpaired) electrons. The van der Waals surface area contributed by atoms with E-state index in [-0.39, 0.29) is 18.7 Å². The zero-order chi connectivity index (χ0) is 29.2. The minimum absolute atomic E-state index is 0.167. The average molecular weight is 556 g/mol. The van der Waals surface area contributed by atoms with Crippen molar-refractivity contribution in [2.45, 2.75) is 45.7 Å². The number of fused-ring (bicyclic) bond motifs is 1. The summed E-state index contributed by atoms with van der Waals surface area (Å²) in [6.07, 6.45) is -4.66. The second-order valence-corrected chi connectivity index (χ2v) is 9.47. The summed E-state index contributed by atoms with van der Waals surface area (Å²) in [5.41, 5.74) is 0.891. The molecule has 40 heavy (non-hydrogen) atoms. The van der Waals surface area contributed by atoms with E-state index in [1.54, 1.807) is 66.9 Å². The highest BCUT2D eigenvalue weighted by molar-refractivity contribution is 6.17. The molecule has 1 N–H and O–H groups in total. The Labute approximate surface area is 228 Å². The average Bonchev–Trinajstić information content (AvgIpc) is 3.17. The highest BCUT2D eigenvalue weighted by Crippen LogP contribution is 2.34. The molecule has 0 spiro atoms. The van der Waals surface area contributed by atoms with Gasteiger partial charge in [-0.3, -0.25) is 4.79 Å². The molecule has 1 heterocycles. The van der Waals surface area contributed by atoms with Crippen LogP contribution < -0.4 is 14.2 Å². The molecule has 0 aliphatic heterocycles. The normalized spacial score (nSPS) is 13.1. The van der Waals surface area contributed by atoms with Crippen LogP contribution in [0, 0.1) is 6.92 Å². The van der Waals surface area contributed by atoms with Crippen LogP contribution in [0.1, 0.15) is 47.4 Å². The molecule has 0 fully saturated rings. The van der Waals surface area contributed by atoms with Crippen LogP contribution in [0.15, 0.2) is 66.7 Å². The molecule has 3 aromatic carbocycles. The third kappa shape index (κ3) is 5.90. The third-order valence-corrected chi connectivity index (χ3v) is 6.82. The number of carbonyl (C=O) groups excluding carboxylic acids is 1. The van der Waals surface area contributed by atoms with E-state index in [1.165, 1.54) is 32.2 Å². The second-order valence-electron chi connectivity index (χ2n) is 9.47. The molecule has 0 bridgehead atoms. The molecule has 4 rings (SSSR count). The topological polar surface area (TPSA) is 87.0 Å². The highest BCUT2D eigenvalue weighted by atomic mass is 19.4. The van der Waals surface area contributed by atoms with Gasteiger partial charge in [-0.15, -0.1) is 13.2 Å². The number of hydrogen-bond donors (Lipinski definition) is 1. The fourth-order valence-electron chi connectivity index (χ4n) is 4.45. The Hall–Kier alpha value is -4.47. The Balaban J connectivity index is 1.80. The molecular formula is C30H28F3NO6. The maximum absolute atomic E-state index is 13.6. The minimum Gasteiger partial charge on any atom is -0.497 e. The molecule has 0 saturated carbocycles. The maximum atomic E-state index is 13.6. The Morgan fingerprint density at radius 2 is 1.57 bits per heavy atom. The fourth-order valence-corrected chi connectivity index (χ4v) is 4.45. The van der Waals surface area contributed by atoms with Crippen molar-refractivity contribution < 1.29 is 42.1 Å². The van der Waals surface area contributed by atoms with Crippen LogP contribution in [0.3, 0.4) is 0 Å². The number of methoxy groups -OCH3 is 1. The van der Waals surface area contributed by atoms with Crippen molar-refractivity contribution >= 4 is 22.7 Å². The van der Waals surface area contributed by atoms with E-state index in [2.05, 4.69) is 4.74 Å². The Kier molecular flexibility index (Phi) is 7.81. The van der Waals surface area contributed by atoms with Crippen molar-refractivity contribution in [1.29, 1.82) is 0 Å². The molecule has 1 atom stereocenters. The van der Waals surface area contributed by atoms with E-state index in [1.807, 2.05) is 0 Å². The number of alkyl halides is 3. The summed E-state index contributed by atoms with van der Waals surface area (Å²) < 4.78 is 55.8. The molecule has 1 aromatic heterocycles. The molecular weight excluding hydrogens is 527 g/mol. The highest BCUT2D eigenvalue weighted by Gasteiger charge is 2.34. The largest absolute Gasteiger partial charge is 0.573 e. The van der Waals surface area contributed by atoms with E-state index in [0.29, 0.717) is 44.8 Å². The number of aromatic nitrogens is 1. The molecule has 0 aliphatic rings. The van der Waals surface area contributed by atoms with Crippen LogP contribution in [-0.2, 0) is 11.3 Å². The predicted octanol–water partition coefficient (Wildman–Crippen LogP) is 6.77. The number of benzene rings is 3. The fraction of sp³-hybridized carbons (Fsp3) is 0.267. The number of rotatable bonds is 10. The molecule has 0 amide bonds. The first kappa shape index (κ1) is 28.5. The van der Waals surface area contributed by atoms with Gasteiger partial charge in [0.05, 0.1) is 18.2 Å². The minimum atomic E-state index is -4.89. The summed E-state index contributed by atoms with van der Waals surface area (Å²) in [7, 11) is 1.51. The van der Waals surface area contributed by atoms with Crippen molar-refractivity contribution in [3.63, 3.8) is 0 Å². The van der Waals surface area contributed by atoms with E-state index in [9.17, 15) is 27.9 Å². The zero-order valence-corrected chi connectivity index (χ0v) is 22.3. The number of aliphatic carboxylic acids is 1. The number of carbonyl (C=O) groups is 2. The zero-order valence-electron chi connectivity index (χ0n) is 22.3. The molecule has 4 aromatic rings. The summed E-state index contributed by atoms with van der Waals surface area (Å²) in [4.78, 5) is 25.3. The van der Waals surface area contributed by atoms with Gasteiger partial charge in [0.2, 0.25) is 5.60 Å². The van der Waals surface area contributed by atoms with Crippen LogP contribution in [0.5, 0.6) is 17.2 Å². The van der Waals surface area contributed by atoms with E-state index >= 15 is 0 Å². The Morgan fingerprint density at radius 3 is 2.17 bits per heavy atom. The van der Waals surface area contributed by atoms with Gasteiger partial charge in [0.15, 0.2) is 5.78 Å². The summed E-state index contributed by atoms with van der Waals surface area (Å²) >= 11 is 0. The number of halogens is 3. The number of ether oxygens (including phenoxy) is 3. The summed E-state index contributed by atoms with van der Waals surface area (Å²) in [6, 6.07) is 17.2. The predicted molar refractivity (Wildman–Crippen MR) is 142 cm³/mol. The monoisotopic (exact) mass is 555 g/mol.